The van der Waals surface area contributed by atoms with E-state index in [-0.39, 0.29) is 37.5 Å². The summed E-state index contributed by atoms with van der Waals surface area (Å²) in [5.74, 6) is -0.999. The molecule has 0 aromatic carbocycles. The SMILES string of the molecule is CC/C=C\C/C=C\C/C=C\C/C=C\C/C=C\C/C=C\CCC(=O)OCC(COC(=O)CCCCC/C=C\CCCCCCCCC)OC(=O)CCCCCCCCCCCCCCCCCCCC. The Morgan fingerprint density at radius 3 is 0.986 bits per heavy atom. The minimum Gasteiger partial charge on any atom is -0.462 e. The molecule has 0 radical (unpaired) electrons. The highest BCUT2D eigenvalue weighted by molar-refractivity contribution is 5.71. The minimum absolute atomic E-state index is 0.106. The van der Waals surface area contributed by atoms with Gasteiger partial charge in [-0.2, -0.15) is 0 Å². The Balaban J connectivity index is 4.48. The van der Waals surface area contributed by atoms with Crippen LogP contribution < -0.4 is 0 Å². The van der Waals surface area contributed by atoms with Crippen molar-refractivity contribution < 1.29 is 28.6 Å². The Morgan fingerprint density at radius 2 is 0.594 bits per heavy atom. The maximum atomic E-state index is 12.9. The Kier molecular flexibility index (Phi) is 54.3. The Bertz CT molecular complexity index is 1330. The van der Waals surface area contributed by atoms with E-state index in [2.05, 4.69) is 99.8 Å². The number of ether oxygens (including phenoxy) is 3. The fraction of sp³-hybridized carbons (Fsp3) is 0.730. The number of carbonyl (C=O) groups excluding carboxylic acids is 3. The fourth-order valence-corrected chi connectivity index (χ4v) is 8.05. The lowest BCUT2D eigenvalue weighted by Gasteiger charge is -2.18. The number of allylic oxidation sites excluding steroid dienone is 14. The molecule has 0 heterocycles. The maximum absolute atomic E-state index is 12.9. The Hall–Kier alpha value is -3.41. The summed E-state index contributed by atoms with van der Waals surface area (Å²) in [6.45, 7) is 6.47. The van der Waals surface area contributed by atoms with Crippen LogP contribution in [0.15, 0.2) is 85.1 Å². The zero-order valence-corrected chi connectivity index (χ0v) is 45.3. The molecule has 0 aliphatic heterocycles. The molecule has 0 fully saturated rings. The Labute approximate surface area is 426 Å². The summed E-state index contributed by atoms with van der Waals surface area (Å²) in [5.41, 5.74) is 0. The third-order valence-electron chi connectivity index (χ3n) is 12.4. The van der Waals surface area contributed by atoms with Crippen molar-refractivity contribution in [1.29, 1.82) is 0 Å². The summed E-state index contributed by atoms with van der Waals surface area (Å²) in [5, 5.41) is 0. The van der Waals surface area contributed by atoms with E-state index in [1.165, 1.54) is 141 Å². The van der Waals surface area contributed by atoms with Gasteiger partial charge in [0.05, 0.1) is 0 Å². The first kappa shape index (κ1) is 65.6. The van der Waals surface area contributed by atoms with Gasteiger partial charge in [0.1, 0.15) is 13.2 Å². The third-order valence-corrected chi connectivity index (χ3v) is 12.4. The van der Waals surface area contributed by atoms with Crippen molar-refractivity contribution in [2.75, 3.05) is 13.2 Å². The molecule has 1 unspecified atom stereocenters. The van der Waals surface area contributed by atoms with Crippen LogP contribution >= 0.6 is 0 Å². The molecule has 69 heavy (non-hydrogen) atoms. The van der Waals surface area contributed by atoms with Crippen molar-refractivity contribution in [3.63, 3.8) is 0 Å². The number of hydrogen-bond donors (Lipinski definition) is 0. The van der Waals surface area contributed by atoms with Crippen molar-refractivity contribution in [3.8, 4) is 0 Å². The molecule has 1 atom stereocenters. The van der Waals surface area contributed by atoms with E-state index in [0.29, 0.717) is 19.3 Å². The average molecular weight is 962 g/mol. The van der Waals surface area contributed by atoms with Crippen LogP contribution in [0, 0.1) is 0 Å². The van der Waals surface area contributed by atoms with Gasteiger partial charge in [0.25, 0.3) is 0 Å². The number of rotatable bonds is 52. The summed E-state index contributed by atoms with van der Waals surface area (Å²) in [6, 6.07) is 0. The van der Waals surface area contributed by atoms with Crippen LogP contribution in [0.25, 0.3) is 0 Å². The molecule has 0 rings (SSSR count). The summed E-state index contributed by atoms with van der Waals surface area (Å²) >= 11 is 0. The quantitative estimate of drug-likeness (QED) is 0.0262. The first-order chi connectivity index (χ1) is 34.0. The molecule has 0 aliphatic carbocycles. The fourth-order valence-electron chi connectivity index (χ4n) is 8.05. The second kappa shape index (κ2) is 57.2. The topological polar surface area (TPSA) is 78.9 Å². The summed E-state index contributed by atoms with van der Waals surface area (Å²) in [7, 11) is 0. The van der Waals surface area contributed by atoms with E-state index >= 15 is 0 Å². The zero-order valence-electron chi connectivity index (χ0n) is 45.3. The highest BCUT2D eigenvalue weighted by atomic mass is 16.6. The van der Waals surface area contributed by atoms with Crippen LogP contribution in [-0.4, -0.2) is 37.2 Å². The van der Waals surface area contributed by atoms with Gasteiger partial charge in [0.2, 0.25) is 0 Å². The van der Waals surface area contributed by atoms with Gasteiger partial charge in [-0.05, 0) is 83.5 Å². The average Bonchev–Trinajstić information content (AvgIpc) is 3.35. The molecule has 0 N–H and O–H groups in total. The van der Waals surface area contributed by atoms with E-state index in [9.17, 15) is 14.4 Å². The van der Waals surface area contributed by atoms with Gasteiger partial charge in [0.15, 0.2) is 6.10 Å². The van der Waals surface area contributed by atoms with Gasteiger partial charge in [-0.1, -0.05) is 260 Å². The number of hydrogen-bond acceptors (Lipinski definition) is 6. The van der Waals surface area contributed by atoms with Crippen molar-refractivity contribution >= 4 is 17.9 Å². The van der Waals surface area contributed by atoms with E-state index in [1.807, 2.05) is 6.08 Å². The normalized spacial score (nSPS) is 12.7. The number of esters is 3. The van der Waals surface area contributed by atoms with Gasteiger partial charge in [-0.15, -0.1) is 0 Å². The molecule has 0 aliphatic rings. The number of carbonyl (C=O) groups is 3. The predicted octanol–water partition coefficient (Wildman–Crippen LogP) is 19.5. The summed E-state index contributed by atoms with van der Waals surface area (Å²) in [6.07, 6.45) is 74.5. The molecule has 396 valence electrons. The van der Waals surface area contributed by atoms with Crippen LogP contribution in [0.2, 0.25) is 0 Å². The van der Waals surface area contributed by atoms with Gasteiger partial charge in [0, 0.05) is 19.3 Å². The van der Waals surface area contributed by atoms with Gasteiger partial charge in [-0.3, -0.25) is 14.4 Å². The van der Waals surface area contributed by atoms with E-state index < -0.39 is 6.10 Å². The molecule has 0 spiro atoms. The lowest BCUT2D eigenvalue weighted by atomic mass is 10.0. The van der Waals surface area contributed by atoms with Crippen LogP contribution in [0.3, 0.4) is 0 Å². The van der Waals surface area contributed by atoms with E-state index in [1.54, 1.807) is 0 Å². The highest BCUT2D eigenvalue weighted by Gasteiger charge is 2.19. The smallest absolute Gasteiger partial charge is 0.306 e. The molecule has 0 saturated heterocycles. The molecular formula is C63H108O6. The van der Waals surface area contributed by atoms with Crippen molar-refractivity contribution in [3.05, 3.63) is 85.1 Å². The molecule has 0 aromatic rings. The zero-order chi connectivity index (χ0) is 50.0. The van der Waals surface area contributed by atoms with Crippen LogP contribution in [0.4, 0.5) is 0 Å². The van der Waals surface area contributed by atoms with E-state index in [4.69, 9.17) is 14.2 Å². The van der Waals surface area contributed by atoms with Crippen molar-refractivity contribution in [2.24, 2.45) is 0 Å². The molecule has 6 heteroatoms. The monoisotopic (exact) mass is 961 g/mol. The lowest BCUT2D eigenvalue weighted by Crippen LogP contribution is -2.30. The highest BCUT2D eigenvalue weighted by Crippen LogP contribution is 2.16. The summed E-state index contributed by atoms with van der Waals surface area (Å²) < 4.78 is 16.8. The largest absolute Gasteiger partial charge is 0.462 e. The molecule has 0 bridgehead atoms. The van der Waals surface area contributed by atoms with Crippen molar-refractivity contribution in [1.82, 2.24) is 0 Å². The number of unbranched alkanes of at least 4 members (excludes halogenated alkanes) is 27. The van der Waals surface area contributed by atoms with Crippen LogP contribution in [-0.2, 0) is 28.6 Å². The lowest BCUT2D eigenvalue weighted by molar-refractivity contribution is -0.166. The Morgan fingerprint density at radius 1 is 0.304 bits per heavy atom. The first-order valence-corrected chi connectivity index (χ1v) is 29.1. The summed E-state index contributed by atoms with van der Waals surface area (Å²) in [4.78, 5) is 38.1. The van der Waals surface area contributed by atoms with Crippen LogP contribution in [0.5, 0.6) is 0 Å². The van der Waals surface area contributed by atoms with Gasteiger partial charge >= 0.3 is 17.9 Å². The van der Waals surface area contributed by atoms with E-state index in [0.717, 1.165) is 89.9 Å². The second-order valence-corrected chi connectivity index (χ2v) is 19.2. The molecule has 0 saturated carbocycles. The van der Waals surface area contributed by atoms with Gasteiger partial charge < -0.3 is 14.2 Å². The first-order valence-electron chi connectivity index (χ1n) is 29.1. The molecular weight excluding hydrogens is 853 g/mol. The maximum Gasteiger partial charge on any atom is 0.306 e. The predicted molar refractivity (Wildman–Crippen MR) is 297 cm³/mol. The van der Waals surface area contributed by atoms with Gasteiger partial charge in [-0.25, -0.2) is 0 Å². The minimum atomic E-state index is -0.812. The third kappa shape index (κ3) is 55.4. The molecule has 0 aromatic heterocycles. The standard InChI is InChI=1S/C63H108O6/c1-4-7-10-13-16-19-22-25-28-30-32-34-35-38-41-44-47-50-53-56-62(65)68-59-60(58-67-61(64)55-52-49-46-43-40-37-27-24-21-18-15-12-9-6-3)69-63(66)57-54-51-48-45-42-39-36-33-31-29-26-23-20-17-14-11-8-5-2/h7,10,16,19,25,28,32,34,37-38,40-41,47,50,60H,4-6,8-9,11-15,17-18,20-24,26-27,29-31,33,35-36,39,42-46,48-49,51-59H2,1-3H3/b10-7-,19-16-,28-25-,34-32-,40-37-,41-38-,50-47-. The molecule has 0 amide bonds. The van der Waals surface area contributed by atoms with Crippen molar-refractivity contribution in [2.45, 2.75) is 284 Å². The second-order valence-electron chi connectivity index (χ2n) is 19.2. The molecule has 6 nitrogen and oxygen atoms in total. The van der Waals surface area contributed by atoms with Crippen LogP contribution in [0.1, 0.15) is 278 Å².